The number of methoxy groups -OCH3 is 1. The molecule has 3 aromatic heterocycles. The number of ether oxygens (including phenoxy) is 1. The average molecular weight is 545 g/mol. The van der Waals surface area contributed by atoms with E-state index in [1.807, 2.05) is 0 Å². The van der Waals surface area contributed by atoms with Gasteiger partial charge in [0, 0.05) is 36.6 Å². The fourth-order valence-corrected chi connectivity index (χ4v) is 4.45. The van der Waals surface area contributed by atoms with Crippen LogP contribution in [0.4, 0.5) is 17.6 Å². The number of alkyl halides is 3. The predicted molar refractivity (Wildman–Crippen MR) is 129 cm³/mol. The van der Waals surface area contributed by atoms with Crippen LogP contribution in [0.15, 0.2) is 53.5 Å². The summed E-state index contributed by atoms with van der Waals surface area (Å²) in [6, 6.07) is 5.32. The first-order chi connectivity index (χ1) is 18.5. The molecule has 1 aliphatic rings. The lowest BCUT2D eigenvalue weighted by atomic mass is 9.98. The molecule has 1 aromatic carbocycles. The van der Waals surface area contributed by atoms with Crippen LogP contribution in [0.3, 0.4) is 0 Å². The zero-order valence-electron chi connectivity index (χ0n) is 20.9. The minimum atomic E-state index is -4.72. The molecule has 1 amide bonds. The molecule has 13 heteroatoms. The minimum Gasteiger partial charge on any atom is -0.494 e. The van der Waals surface area contributed by atoms with Gasteiger partial charge in [0.2, 0.25) is 0 Å². The molecule has 9 nitrogen and oxygen atoms in total. The lowest BCUT2D eigenvalue weighted by Crippen LogP contribution is -2.30. The average Bonchev–Trinajstić information content (AvgIpc) is 3.53. The number of nitrogens with one attached hydrogen (secondary N) is 2. The summed E-state index contributed by atoms with van der Waals surface area (Å²) in [5.74, 6) is -1.12. The van der Waals surface area contributed by atoms with E-state index in [2.05, 4.69) is 15.4 Å². The number of halogens is 4. The van der Waals surface area contributed by atoms with E-state index in [-0.39, 0.29) is 40.6 Å². The van der Waals surface area contributed by atoms with Gasteiger partial charge in [-0.1, -0.05) is 0 Å². The number of oxazole rings is 1. The van der Waals surface area contributed by atoms with Crippen LogP contribution in [-0.2, 0) is 19.8 Å². The molecule has 1 fully saturated rings. The fraction of sp³-hybridized carbons (Fsp3) is 0.308. The molecule has 0 radical (unpaired) electrons. The van der Waals surface area contributed by atoms with Crippen LogP contribution in [0.5, 0.6) is 5.75 Å². The zero-order chi connectivity index (χ0) is 27.9. The lowest BCUT2D eigenvalue weighted by molar-refractivity contribution is -0.140. The van der Waals surface area contributed by atoms with Crippen LogP contribution >= 0.6 is 0 Å². The monoisotopic (exact) mass is 544 g/mol. The number of hydrogen-bond acceptors (Lipinski definition) is 6. The number of hydrogen-bond donors (Lipinski definition) is 2. The first-order valence-electron chi connectivity index (χ1n) is 12.0. The first-order valence-corrected chi connectivity index (χ1v) is 12.0. The highest BCUT2D eigenvalue weighted by molar-refractivity contribution is 5.96. The van der Waals surface area contributed by atoms with E-state index < -0.39 is 29.6 Å². The number of nitrogens with zero attached hydrogens (tertiary/aromatic N) is 4. The maximum Gasteiger partial charge on any atom is 0.435 e. The van der Waals surface area contributed by atoms with Crippen molar-refractivity contribution in [2.45, 2.75) is 31.6 Å². The zero-order valence-corrected chi connectivity index (χ0v) is 20.9. The standard InChI is InChI=1S/C26H24F4N6O3/c1-35-13-18(23(34-35)26(28,29)30)16-7-14(12-36-5-6-39-25(36)31)8-17(9-16)24(37)33-22(15-3-4-15)20-10-21(38-2)19(27)11-32-20/h5-11,13,15,22,31H,3-4,12H2,1-2H3,(H,33,37)/t22-/m0/s1. The molecule has 1 saturated carbocycles. The van der Waals surface area contributed by atoms with Crippen LogP contribution in [0.25, 0.3) is 11.1 Å². The van der Waals surface area contributed by atoms with E-state index in [9.17, 15) is 22.4 Å². The van der Waals surface area contributed by atoms with E-state index in [1.54, 1.807) is 6.07 Å². The van der Waals surface area contributed by atoms with Crippen molar-refractivity contribution in [1.29, 1.82) is 5.41 Å². The summed E-state index contributed by atoms with van der Waals surface area (Å²) in [4.78, 5) is 17.7. The Labute approximate surface area is 219 Å². The fourth-order valence-electron chi connectivity index (χ4n) is 4.45. The molecule has 1 atom stereocenters. The summed E-state index contributed by atoms with van der Waals surface area (Å²) < 4.78 is 67.8. The summed E-state index contributed by atoms with van der Waals surface area (Å²) in [5, 5.41) is 14.4. The predicted octanol–water partition coefficient (Wildman–Crippen LogP) is 4.45. The Kier molecular flexibility index (Phi) is 6.74. The van der Waals surface area contributed by atoms with E-state index >= 15 is 0 Å². The lowest BCUT2D eigenvalue weighted by Gasteiger charge is -2.19. The van der Waals surface area contributed by atoms with Gasteiger partial charge in [0.25, 0.3) is 11.6 Å². The van der Waals surface area contributed by atoms with Gasteiger partial charge in [-0.2, -0.15) is 18.3 Å². The maximum absolute atomic E-state index is 13.9. The molecule has 5 rings (SSSR count). The van der Waals surface area contributed by atoms with Gasteiger partial charge in [-0.25, -0.2) is 4.39 Å². The largest absolute Gasteiger partial charge is 0.494 e. The van der Waals surface area contributed by atoms with Gasteiger partial charge in [0.1, 0.15) is 6.26 Å². The first kappa shape index (κ1) is 26.2. The molecule has 0 bridgehead atoms. The van der Waals surface area contributed by atoms with Crippen LogP contribution in [0, 0.1) is 17.1 Å². The smallest absolute Gasteiger partial charge is 0.435 e. The Bertz CT molecular complexity index is 1580. The van der Waals surface area contributed by atoms with Gasteiger partial charge in [-0.05, 0) is 48.1 Å². The van der Waals surface area contributed by atoms with Crippen molar-refractivity contribution in [3.05, 3.63) is 83.1 Å². The molecule has 204 valence electrons. The SMILES string of the molecule is COc1cc([C@@H](NC(=O)c2cc(Cn3ccoc3=N)cc(-c3cn(C)nc3C(F)(F)F)c2)C2CC2)ncc1F. The summed E-state index contributed by atoms with van der Waals surface area (Å²) in [5.41, 5.74) is -0.294. The number of carbonyl (C=O) groups excluding carboxylic acids is 1. The second-order valence-corrected chi connectivity index (χ2v) is 9.35. The molecular formula is C26H24F4N6O3. The summed E-state index contributed by atoms with van der Waals surface area (Å²) >= 11 is 0. The Balaban J connectivity index is 1.55. The van der Waals surface area contributed by atoms with Gasteiger partial charge in [0.15, 0.2) is 17.3 Å². The molecule has 2 N–H and O–H groups in total. The maximum atomic E-state index is 13.9. The van der Waals surface area contributed by atoms with E-state index in [0.29, 0.717) is 11.3 Å². The molecular weight excluding hydrogens is 520 g/mol. The number of pyridine rings is 1. The van der Waals surface area contributed by atoms with Crippen molar-refractivity contribution < 1.29 is 31.5 Å². The third kappa shape index (κ3) is 5.56. The number of benzene rings is 1. The number of aryl methyl sites for hydroxylation is 1. The number of amides is 1. The van der Waals surface area contributed by atoms with Gasteiger partial charge in [-0.15, -0.1) is 0 Å². The van der Waals surface area contributed by atoms with Crippen LogP contribution in [0.2, 0.25) is 0 Å². The third-order valence-electron chi connectivity index (χ3n) is 6.46. The van der Waals surface area contributed by atoms with Crippen molar-refractivity contribution in [2.24, 2.45) is 13.0 Å². The Morgan fingerprint density at radius 1 is 1.28 bits per heavy atom. The topological polar surface area (TPSA) is 111 Å². The highest BCUT2D eigenvalue weighted by Gasteiger charge is 2.38. The quantitative estimate of drug-likeness (QED) is 0.319. The molecule has 1 aliphatic carbocycles. The van der Waals surface area contributed by atoms with E-state index in [0.717, 1.165) is 23.7 Å². The van der Waals surface area contributed by atoms with Crippen molar-refractivity contribution in [3.8, 4) is 16.9 Å². The normalized spacial score (nSPS) is 14.3. The Hall–Kier alpha value is -4.42. The molecule has 0 unspecified atom stereocenters. The van der Waals surface area contributed by atoms with Gasteiger partial charge >= 0.3 is 6.18 Å². The molecule has 39 heavy (non-hydrogen) atoms. The molecule has 0 aliphatic heterocycles. The second-order valence-electron chi connectivity index (χ2n) is 9.35. The van der Waals surface area contributed by atoms with Crippen molar-refractivity contribution in [3.63, 3.8) is 0 Å². The van der Waals surface area contributed by atoms with Crippen molar-refractivity contribution >= 4 is 5.91 Å². The summed E-state index contributed by atoms with van der Waals surface area (Å²) in [6.45, 7) is 0.0772. The van der Waals surface area contributed by atoms with E-state index in [1.165, 1.54) is 55.6 Å². The highest BCUT2D eigenvalue weighted by Crippen LogP contribution is 2.42. The number of rotatable bonds is 8. The summed E-state index contributed by atoms with van der Waals surface area (Å²) in [7, 11) is 2.71. The molecule has 4 aromatic rings. The van der Waals surface area contributed by atoms with Gasteiger partial charge < -0.3 is 14.5 Å². The van der Waals surface area contributed by atoms with Crippen LogP contribution in [0.1, 0.15) is 46.2 Å². The van der Waals surface area contributed by atoms with Gasteiger partial charge in [-0.3, -0.25) is 24.4 Å². The Morgan fingerprint density at radius 3 is 2.69 bits per heavy atom. The summed E-state index contributed by atoms with van der Waals surface area (Å²) in [6.07, 6.45) is 2.02. The van der Waals surface area contributed by atoms with Gasteiger partial charge in [0.05, 0.1) is 31.6 Å². The van der Waals surface area contributed by atoms with Crippen molar-refractivity contribution in [1.82, 2.24) is 24.6 Å². The molecule has 0 spiro atoms. The Morgan fingerprint density at radius 2 is 2.05 bits per heavy atom. The van der Waals surface area contributed by atoms with E-state index in [4.69, 9.17) is 14.6 Å². The second kappa shape index (κ2) is 10.0. The van der Waals surface area contributed by atoms with Crippen LogP contribution in [-0.4, -0.2) is 32.3 Å². The van der Waals surface area contributed by atoms with Crippen LogP contribution < -0.4 is 15.7 Å². The number of carbonyl (C=O) groups is 1. The third-order valence-corrected chi connectivity index (χ3v) is 6.46. The minimum absolute atomic E-state index is 0.0104. The highest BCUT2D eigenvalue weighted by atomic mass is 19.4. The molecule has 3 heterocycles. The molecule has 0 saturated heterocycles. The van der Waals surface area contributed by atoms with Crippen molar-refractivity contribution in [2.75, 3.05) is 7.11 Å². The number of aromatic nitrogens is 4.